The zero-order chi connectivity index (χ0) is 43.4. The van der Waals surface area contributed by atoms with Crippen LogP contribution in [0.3, 0.4) is 0 Å². The van der Waals surface area contributed by atoms with Crippen LogP contribution in [0.4, 0.5) is 0 Å². The van der Waals surface area contributed by atoms with E-state index in [0.717, 1.165) is 55.2 Å². The molecule has 1 heterocycles. The number of unbranched alkanes of at least 4 members (excludes halogenated alkanes) is 27. The zero-order valence-corrected chi connectivity index (χ0v) is 39.1. The van der Waals surface area contributed by atoms with E-state index in [1.807, 2.05) is 18.2 Å². The second kappa shape index (κ2) is 34.9. The van der Waals surface area contributed by atoms with Crippen molar-refractivity contribution in [1.82, 2.24) is 4.98 Å². The highest BCUT2D eigenvalue weighted by atomic mass is 16.5. The minimum Gasteiger partial charge on any atom is -0.504 e. The lowest BCUT2D eigenvalue weighted by molar-refractivity contribution is 0.229. The number of ether oxygens (including phenoxy) is 4. The summed E-state index contributed by atoms with van der Waals surface area (Å²) < 4.78 is 26.1. The van der Waals surface area contributed by atoms with Crippen LogP contribution in [-0.4, -0.2) is 35.0 Å². The third kappa shape index (κ3) is 24.0. The lowest BCUT2D eigenvalue weighted by Crippen LogP contribution is -2.07. The second-order valence-electron chi connectivity index (χ2n) is 17.4. The van der Waals surface area contributed by atoms with Crippen molar-refractivity contribution < 1.29 is 29.2 Å². The average molecular weight is 846 g/mol. The summed E-state index contributed by atoms with van der Waals surface area (Å²) in [5, 5.41) is 19.9. The van der Waals surface area contributed by atoms with Gasteiger partial charge < -0.3 is 29.2 Å². The van der Waals surface area contributed by atoms with Crippen LogP contribution in [0.25, 0.3) is 11.1 Å². The van der Waals surface area contributed by atoms with Gasteiger partial charge in [0.1, 0.15) is 12.4 Å². The number of aromatic nitrogens is 1. The fraction of sp³-hybridized carbons (Fsp3) is 0.685. The molecule has 0 unspecified atom stereocenters. The molecular formula is C54H87NO6. The van der Waals surface area contributed by atoms with Crippen molar-refractivity contribution in [2.75, 3.05) is 19.8 Å². The molecule has 1 aromatic heterocycles. The standard InChI is InChI=1S/C54H87NO6/c1-4-7-10-13-16-19-22-25-28-31-36-58-52-41-49(61-45-46-39-48(44-55-43-46)47-34-35-50(56)51(57)40-47)42-53(59-37-32-29-26-23-20-17-14-11-8-5-2)54(52)60-38-33-30-27-24-21-18-15-12-9-6-3/h34-35,39-44,56-57H,4-33,36-38,45H2,1-3H3. The van der Waals surface area contributed by atoms with Crippen molar-refractivity contribution in [3.05, 3.63) is 54.4 Å². The molecule has 0 aliphatic carbocycles. The lowest BCUT2D eigenvalue weighted by atomic mass is 10.1. The number of phenolic OH excluding ortho intramolecular Hbond substituents is 2. The van der Waals surface area contributed by atoms with E-state index in [9.17, 15) is 10.2 Å². The monoisotopic (exact) mass is 846 g/mol. The van der Waals surface area contributed by atoms with Crippen molar-refractivity contribution in [1.29, 1.82) is 0 Å². The minimum absolute atomic E-state index is 0.149. The van der Waals surface area contributed by atoms with E-state index >= 15 is 0 Å². The van der Waals surface area contributed by atoms with E-state index in [-0.39, 0.29) is 11.5 Å². The third-order valence-corrected chi connectivity index (χ3v) is 11.8. The molecule has 0 amide bonds. The van der Waals surface area contributed by atoms with Gasteiger partial charge in [-0.3, -0.25) is 4.98 Å². The number of hydrogen-bond donors (Lipinski definition) is 2. The quantitative estimate of drug-likeness (QED) is 0.0435. The first-order valence-corrected chi connectivity index (χ1v) is 25.2. The lowest BCUT2D eigenvalue weighted by Gasteiger charge is -2.19. The van der Waals surface area contributed by atoms with Gasteiger partial charge >= 0.3 is 0 Å². The first-order chi connectivity index (χ1) is 30.0. The Balaban J connectivity index is 1.67. The summed E-state index contributed by atoms with van der Waals surface area (Å²) in [6.45, 7) is 9.00. The van der Waals surface area contributed by atoms with Gasteiger partial charge in [0, 0.05) is 35.7 Å². The summed E-state index contributed by atoms with van der Waals surface area (Å²) in [7, 11) is 0. The molecule has 7 nitrogen and oxygen atoms in total. The molecule has 0 aliphatic rings. The van der Waals surface area contributed by atoms with Gasteiger partial charge in [0.05, 0.1) is 19.8 Å². The van der Waals surface area contributed by atoms with E-state index < -0.39 is 0 Å². The molecule has 3 aromatic rings. The van der Waals surface area contributed by atoms with Gasteiger partial charge in [0.2, 0.25) is 5.75 Å². The van der Waals surface area contributed by atoms with Crippen LogP contribution in [-0.2, 0) is 6.61 Å². The van der Waals surface area contributed by atoms with Gasteiger partial charge in [0.15, 0.2) is 23.0 Å². The first-order valence-electron chi connectivity index (χ1n) is 25.2. The summed E-state index contributed by atoms with van der Waals surface area (Å²) in [5.74, 6) is 2.41. The smallest absolute Gasteiger partial charge is 0.203 e. The highest BCUT2D eigenvalue weighted by Gasteiger charge is 2.18. The molecule has 7 heteroatoms. The molecule has 3 rings (SSSR count). The molecule has 0 radical (unpaired) electrons. The second-order valence-corrected chi connectivity index (χ2v) is 17.4. The van der Waals surface area contributed by atoms with Crippen molar-refractivity contribution >= 4 is 0 Å². The Morgan fingerprint density at radius 3 is 1.23 bits per heavy atom. The number of benzene rings is 2. The highest BCUT2D eigenvalue weighted by molar-refractivity contribution is 5.66. The summed E-state index contributed by atoms with van der Waals surface area (Å²) >= 11 is 0. The maximum atomic E-state index is 10.1. The van der Waals surface area contributed by atoms with Crippen LogP contribution in [0.5, 0.6) is 34.5 Å². The minimum atomic E-state index is -0.162. The SMILES string of the molecule is CCCCCCCCCCCCOc1cc(OCc2cncc(-c3ccc(O)c(O)c3)c2)cc(OCCCCCCCCCCCC)c1OCCCCCCCCCCCC. The normalized spacial score (nSPS) is 11.3. The van der Waals surface area contributed by atoms with Crippen LogP contribution >= 0.6 is 0 Å². The Morgan fingerprint density at radius 1 is 0.393 bits per heavy atom. The number of nitrogens with zero attached hydrogens (tertiary/aromatic N) is 1. The Hall–Kier alpha value is -3.61. The fourth-order valence-corrected chi connectivity index (χ4v) is 7.89. The van der Waals surface area contributed by atoms with Crippen molar-refractivity contribution in [2.45, 2.75) is 220 Å². The molecule has 0 saturated heterocycles. The molecule has 0 spiro atoms. The number of aromatic hydroxyl groups is 2. The summed E-state index contributed by atoms with van der Waals surface area (Å²) in [6, 6.07) is 10.7. The highest BCUT2D eigenvalue weighted by Crippen LogP contribution is 2.42. The fourth-order valence-electron chi connectivity index (χ4n) is 7.89. The predicted molar refractivity (Wildman–Crippen MR) is 256 cm³/mol. The molecule has 2 N–H and O–H groups in total. The largest absolute Gasteiger partial charge is 0.504 e. The van der Waals surface area contributed by atoms with Crippen LogP contribution in [0.15, 0.2) is 48.8 Å². The number of rotatable bonds is 40. The molecule has 344 valence electrons. The van der Waals surface area contributed by atoms with E-state index in [4.69, 9.17) is 18.9 Å². The Bertz CT molecular complexity index is 1460. The molecule has 61 heavy (non-hydrogen) atoms. The van der Waals surface area contributed by atoms with Gasteiger partial charge in [-0.25, -0.2) is 0 Å². The van der Waals surface area contributed by atoms with Gasteiger partial charge in [-0.2, -0.15) is 0 Å². The maximum absolute atomic E-state index is 10.1. The number of pyridine rings is 1. The summed E-state index contributed by atoms with van der Waals surface area (Å²) in [5.41, 5.74) is 2.47. The summed E-state index contributed by atoms with van der Waals surface area (Å²) in [6.07, 6.45) is 41.9. The van der Waals surface area contributed by atoms with E-state index in [1.165, 1.54) is 160 Å². The average Bonchev–Trinajstić information content (AvgIpc) is 3.27. The summed E-state index contributed by atoms with van der Waals surface area (Å²) in [4.78, 5) is 4.45. The molecule has 0 fully saturated rings. The van der Waals surface area contributed by atoms with Crippen molar-refractivity contribution in [2.24, 2.45) is 0 Å². The Morgan fingerprint density at radius 2 is 0.803 bits per heavy atom. The predicted octanol–water partition coefficient (Wildman–Crippen LogP) is 16.6. The third-order valence-electron chi connectivity index (χ3n) is 11.8. The van der Waals surface area contributed by atoms with Gasteiger partial charge in [-0.1, -0.05) is 200 Å². The van der Waals surface area contributed by atoms with Gasteiger partial charge in [-0.05, 0) is 43.0 Å². The van der Waals surface area contributed by atoms with Crippen LogP contribution in [0, 0.1) is 0 Å². The topological polar surface area (TPSA) is 90.3 Å². The zero-order valence-electron chi connectivity index (χ0n) is 39.1. The van der Waals surface area contributed by atoms with E-state index in [1.54, 1.807) is 24.5 Å². The van der Waals surface area contributed by atoms with Crippen molar-refractivity contribution in [3.8, 4) is 45.6 Å². The first kappa shape index (κ1) is 51.7. The molecule has 0 bridgehead atoms. The number of phenols is 2. The molecule has 0 saturated carbocycles. The van der Waals surface area contributed by atoms with Gasteiger partial charge in [-0.15, -0.1) is 0 Å². The Labute approximate surface area is 372 Å². The molecule has 0 aliphatic heterocycles. The van der Waals surface area contributed by atoms with Crippen LogP contribution < -0.4 is 18.9 Å². The number of hydrogen-bond acceptors (Lipinski definition) is 7. The van der Waals surface area contributed by atoms with E-state index in [2.05, 4.69) is 25.8 Å². The molecular weight excluding hydrogens is 759 g/mol. The molecule has 2 aromatic carbocycles. The van der Waals surface area contributed by atoms with Crippen LogP contribution in [0.1, 0.15) is 219 Å². The van der Waals surface area contributed by atoms with Crippen LogP contribution in [0.2, 0.25) is 0 Å². The molecule has 0 atom stereocenters. The van der Waals surface area contributed by atoms with Gasteiger partial charge in [0.25, 0.3) is 0 Å². The Kier molecular flexibility index (Phi) is 29.6. The maximum Gasteiger partial charge on any atom is 0.203 e. The van der Waals surface area contributed by atoms with E-state index in [0.29, 0.717) is 49.4 Å². The van der Waals surface area contributed by atoms with Crippen molar-refractivity contribution in [3.63, 3.8) is 0 Å².